The second kappa shape index (κ2) is 5.79. The molecule has 118 valence electrons. The van der Waals surface area contributed by atoms with Gasteiger partial charge >= 0.3 is 0 Å². The molecule has 0 bridgehead atoms. The molecule has 4 rings (SSSR count). The standard InChI is InChI=1S/C15H15N5O3/c1-9-17-12(19-22-9)6-13-18-15(23-20-13)11-4-5-14(16-7-11)21-8-10-2-3-10/h4-5,7,10H,2-3,6,8H2,1H3. The molecule has 3 aromatic rings. The summed E-state index contributed by atoms with van der Waals surface area (Å²) in [6.45, 7) is 2.47. The quantitative estimate of drug-likeness (QED) is 0.682. The first-order valence-corrected chi connectivity index (χ1v) is 7.47. The normalized spacial score (nSPS) is 14.1. The van der Waals surface area contributed by atoms with E-state index in [1.807, 2.05) is 12.1 Å². The van der Waals surface area contributed by atoms with E-state index in [0.717, 1.165) is 12.2 Å². The van der Waals surface area contributed by atoms with Crippen LogP contribution in [0.1, 0.15) is 30.4 Å². The highest BCUT2D eigenvalue weighted by Gasteiger charge is 2.22. The zero-order chi connectivity index (χ0) is 15.6. The van der Waals surface area contributed by atoms with Gasteiger partial charge in [-0.25, -0.2) is 4.98 Å². The molecule has 0 aliphatic heterocycles. The summed E-state index contributed by atoms with van der Waals surface area (Å²) < 4.78 is 15.8. The van der Waals surface area contributed by atoms with Crippen LogP contribution in [0.4, 0.5) is 0 Å². The molecule has 1 saturated carbocycles. The average molecular weight is 313 g/mol. The lowest BCUT2D eigenvalue weighted by atomic mass is 10.3. The lowest BCUT2D eigenvalue weighted by molar-refractivity contribution is 0.288. The molecule has 0 radical (unpaired) electrons. The summed E-state index contributed by atoms with van der Waals surface area (Å²) in [5.41, 5.74) is 0.742. The van der Waals surface area contributed by atoms with Crippen molar-refractivity contribution in [3.63, 3.8) is 0 Å². The number of ether oxygens (including phenoxy) is 1. The molecule has 0 N–H and O–H groups in total. The first-order chi connectivity index (χ1) is 11.3. The van der Waals surface area contributed by atoms with E-state index >= 15 is 0 Å². The minimum absolute atomic E-state index is 0.358. The molecule has 1 aliphatic carbocycles. The fourth-order valence-corrected chi connectivity index (χ4v) is 2.08. The Hall–Kier alpha value is -2.77. The summed E-state index contributed by atoms with van der Waals surface area (Å²) in [4.78, 5) is 12.7. The predicted molar refractivity (Wildman–Crippen MR) is 77.6 cm³/mol. The zero-order valence-corrected chi connectivity index (χ0v) is 12.6. The van der Waals surface area contributed by atoms with E-state index in [0.29, 0.717) is 41.6 Å². The van der Waals surface area contributed by atoms with Crippen LogP contribution in [0.5, 0.6) is 5.88 Å². The maximum Gasteiger partial charge on any atom is 0.259 e. The summed E-state index contributed by atoms with van der Waals surface area (Å²) in [5.74, 6) is 3.24. The molecule has 1 fully saturated rings. The Morgan fingerprint density at radius 1 is 1.13 bits per heavy atom. The Morgan fingerprint density at radius 2 is 1.96 bits per heavy atom. The number of rotatable bonds is 6. The van der Waals surface area contributed by atoms with Crippen LogP contribution in [0.2, 0.25) is 0 Å². The van der Waals surface area contributed by atoms with Crippen LogP contribution in [0, 0.1) is 12.8 Å². The number of aromatic nitrogens is 5. The molecule has 8 nitrogen and oxygen atoms in total. The molecule has 1 aliphatic rings. The van der Waals surface area contributed by atoms with E-state index in [1.54, 1.807) is 13.1 Å². The van der Waals surface area contributed by atoms with Gasteiger partial charge in [-0.15, -0.1) is 0 Å². The average Bonchev–Trinajstić information content (AvgIpc) is 3.14. The van der Waals surface area contributed by atoms with E-state index in [1.165, 1.54) is 12.8 Å². The van der Waals surface area contributed by atoms with E-state index in [9.17, 15) is 0 Å². The van der Waals surface area contributed by atoms with E-state index in [4.69, 9.17) is 13.8 Å². The van der Waals surface area contributed by atoms with Crippen molar-refractivity contribution in [2.24, 2.45) is 5.92 Å². The summed E-state index contributed by atoms with van der Waals surface area (Å²) in [5, 5.41) is 7.73. The van der Waals surface area contributed by atoms with Gasteiger partial charge in [0.1, 0.15) is 0 Å². The highest BCUT2D eigenvalue weighted by Crippen LogP contribution is 2.29. The zero-order valence-electron chi connectivity index (χ0n) is 12.6. The van der Waals surface area contributed by atoms with Gasteiger partial charge in [0.25, 0.3) is 5.89 Å². The molecule has 0 amide bonds. The predicted octanol–water partition coefficient (Wildman–Crippen LogP) is 2.20. The largest absolute Gasteiger partial charge is 0.477 e. The first-order valence-electron chi connectivity index (χ1n) is 7.47. The molecule has 0 unspecified atom stereocenters. The Kier molecular flexibility index (Phi) is 3.49. The monoisotopic (exact) mass is 313 g/mol. The number of nitrogens with zero attached hydrogens (tertiary/aromatic N) is 5. The van der Waals surface area contributed by atoms with Gasteiger partial charge in [-0.05, 0) is 24.8 Å². The van der Waals surface area contributed by atoms with Crippen molar-refractivity contribution in [1.29, 1.82) is 0 Å². The van der Waals surface area contributed by atoms with Crippen molar-refractivity contribution in [3.05, 3.63) is 35.9 Å². The first kappa shape index (κ1) is 13.9. The van der Waals surface area contributed by atoms with E-state index in [-0.39, 0.29) is 0 Å². The molecule has 23 heavy (non-hydrogen) atoms. The van der Waals surface area contributed by atoms with Crippen LogP contribution in [-0.2, 0) is 6.42 Å². The third kappa shape index (κ3) is 3.36. The molecule has 3 aromatic heterocycles. The van der Waals surface area contributed by atoms with Crippen LogP contribution >= 0.6 is 0 Å². The van der Waals surface area contributed by atoms with Gasteiger partial charge < -0.3 is 13.8 Å². The van der Waals surface area contributed by atoms with Crippen LogP contribution in [0.15, 0.2) is 27.4 Å². The number of pyridine rings is 1. The molecule has 3 heterocycles. The SMILES string of the molecule is Cc1nc(Cc2noc(-c3ccc(OCC4CC4)nc3)n2)no1. The van der Waals surface area contributed by atoms with Gasteiger partial charge in [0.15, 0.2) is 11.6 Å². The van der Waals surface area contributed by atoms with Crippen molar-refractivity contribution < 1.29 is 13.8 Å². The Morgan fingerprint density at radius 3 is 2.65 bits per heavy atom. The van der Waals surface area contributed by atoms with E-state index < -0.39 is 0 Å². The number of hydrogen-bond donors (Lipinski definition) is 0. The topological polar surface area (TPSA) is 100.0 Å². The second-order valence-corrected chi connectivity index (χ2v) is 5.56. The maximum absolute atomic E-state index is 5.60. The summed E-state index contributed by atoms with van der Waals surface area (Å²) >= 11 is 0. The van der Waals surface area contributed by atoms with E-state index in [2.05, 4.69) is 25.3 Å². The van der Waals surface area contributed by atoms with Crippen LogP contribution in [-0.4, -0.2) is 31.9 Å². The molecule has 0 saturated heterocycles. The molecule has 0 atom stereocenters. The molecular weight excluding hydrogens is 298 g/mol. The lowest BCUT2D eigenvalue weighted by Gasteiger charge is -2.03. The minimum atomic E-state index is 0.358. The van der Waals surface area contributed by atoms with Gasteiger partial charge in [0.2, 0.25) is 11.8 Å². The van der Waals surface area contributed by atoms with Gasteiger partial charge in [-0.2, -0.15) is 9.97 Å². The fraction of sp³-hybridized carbons (Fsp3) is 0.400. The van der Waals surface area contributed by atoms with Gasteiger partial charge in [0, 0.05) is 19.2 Å². The highest BCUT2D eigenvalue weighted by molar-refractivity contribution is 5.51. The van der Waals surface area contributed by atoms with Crippen molar-refractivity contribution in [1.82, 2.24) is 25.3 Å². The second-order valence-electron chi connectivity index (χ2n) is 5.56. The molecule has 8 heteroatoms. The Labute approximate surface area is 131 Å². The summed E-state index contributed by atoms with van der Waals surface area (Å²) in [6.07, 6.45) is 4.53. The third-order valence-electron chi connectivity index (χ3n) is 3.50. The Bertz CT molecular complexity index is 792. The highest BCUT2D eigenvalue weighted by atomic mass is 16.5. The van der Waals surface area contributed by atoms with Gasteiger partial charge in [-0.3, -0.25) is 0 Å². The van der Waals surface area contributed by atoms with Gasteiger partial charge in [-0.1, -0.05) is 10.3 Å². The van der Waals surface area contributed by atoms with Crippen LogP contribution < -0.4 is 4.74 Å². The summed E-state index contributed by atoms with van der Waals surface area (Å²) in [7, 11) is 0. The van der Waals surface area contributed by atoms with Crippen LogP contribution in [0.3, 0.4) is 0 Å². The van der Waals surface area contributed by atoms with Crippen molar-refractivity contribution >= 4 is 0 Å². The maximum atomic E-state index is 5.60. The smallest absolute Gasteiger partial charge is 0.259 e. The summed E-state index contributed by atoms with van der Waals surface area (Å²) in [6, 6.07) is 3.66. The minimum Gasteiger partial charge on any atom is -0.477 e. The van der Waals surface area contributed by atoms with Crippen molar-refractivity contribution in [2.75, 3.05) is 6.61 Å². The van der Waals surface area contributed by atoms with Crippen LogP contribution in [0.25, 0.3) is 11.5 Å². The Balaban J connectivity index is 1.43. The van der Waals surface area contributed by atoms with Gasteiger partial charge in [0.05, 0.1) is 18.6 Å². The van der Waals surface area contributed by atoms with Crippen molar-refractivity contribution in [2.45, 2.75) is 26.2 Å². The molecular formula is C15H15N5O3. The number of aryl methyl sites for hydroxylation is 1. The number of hydrogen-bond acceptors (Lipinski definition) is 8. The third-order valence-corrected chi connectivity index (χ3v) is 3.50. The van der Waals surface area contributed by atoms with Crippen molar-refractivity contribution in [3.8, 4) is 17.3 Å². The molecule has 0 aromatic carbocycles. The molecule has 0 spiro atoms. The lowest BCUT2D eigenvalue weighted by Crippen LogP contribution is -2.00. The fourth-order valence-electron chi connectivity index (χ4n) is 2.08.